The highest BCUT2D eigenvalue weighted by atomic mass is 35.5. The Kier molecular flexibility index (Phi) is 6.20. The molecule has 0 saturated carbocycles. The van der Waals surface area contributed by atoms with E-state index in [0.717, 1.165) is 5.56 Å². The minimum Gasteiger partial charge on any atom is -0.461 e. The third-order valence-electron chi connectivity index (χ3n) is 2.60. The van der Waals surface area contributed by atoms with E-state index in [0.29, 0.717) is 20.9 Å². The topological polar surface area (TPSA) is 86.8 Å². The van der Waals surface area contributed by atoms with Crippen molar-refractivity contribution >= 4 is 51.4 Å². The number of esters is 1. The molecule has 9 heteroatoms. The van der Waals surface area contributed by atoms with Crippen molar-refractivity contribution in [2.75, 3.05) is 12.3 Å². The standard InChI is InChI=1S/C14H13Cl2N3O3S/c1-2-21-13(20)12(11-7-23-14(17)18-11)19-22-6-8-3-4-9(15)10(16)5-8/h3-5,7H,2,6H2,1H3,(H2,17,18). The predicted molar refractivity (Wildman–Crippen MR) is 90.9 cm³/mol. The van der Waals surface area contributed by atoms with Gasteiger partial charge in [-0.2, -0.15) is 0 Å². The van der Waals surface area contributed by atoms with Gasteiger partial charge in [-0.3, -0.25) is 0 Å². The number of ether oxygens (including phenoxy) is 1. The van der Waals surface area contributed by atoms with Gasteiger partial charge in [0.25, 0.3) is 0 Å². The Morgan fingerprint density at radius 2 is 2.17 bits per heavy atom. The molecule has 1 heterocycles. The van der Waals surface area contributed by atoms with Crippen molar-refractivity contribution in [3.05, 3.63) is 44.9 Å². The fourth-order valence-corrected chi connectivity index (χ4v) is 2.45. The molecule has 0 aliphatic heterocycles. The number of thiazole rings is 1. The first-order chi connectivity index (χ1) is 11.0. The molecule has 1 aromatic heterocycles. The zero-order valence-corrected chi connectivity index (χ0v) is 14.4. The molecule has 1 aromatic carbocycles. The number of hydrogen-bond acceptors (Lipinski definition) is 7. The van der Waals surface area contributed by atoms with E-state index in [1.54, 1.807) is 30.5 Å². The number of carbonyl (C=O) groups excluding carboxylic acids is 1. The van der Waals surface area contributed by atoms with Gasteiger partial charge in [0.2, 0.25) is 5.71 Å². The zero-order valence-electron chi connectivity index (χ0n) is 12.1. The Morgan fingerprint density at radius 1 is 1.39 bits per heavy atom. The molecule has 0 saturated heterocycles. The molecule has 0 aliphatic carbocycles. The summed E-state index contributed by atoms with van der Waals surface area (Å²) >= 11 is 13.0. The monoisotopic (exact) mass is 373 g/mol. The molecule has 2 N–H and O–H groups in total. The van der Waals surface area contributed by atoms with Crippen LogP contribution in [0.3, 0.4) is 0 Å². The summed E-state index contributed by atoms with van der Waals surface area (Å²) in [5, 5.41) is 6.61. The molecular formula is C14H13Cl2N3O3S. The van der Waals surface area contributed by atoms with Gasteiger partial charge in [-0.15, -0.1) is 11.3 Å². The predicted octanol–water partition coefficient (Wildman–Crippen LogP) is 3.52. The van der Waals surface area contributed by atoms with Crippen LogP contribution in [0.4, 0.5) is 5.13 Å². The van der Waals surface area contributed by atoms with Crippen molar-refractivity contribution in [2.24, 2.45) is 5.16 Å². The van der Waals surface area contributed by atoms with Crippen LogP contribution in [0.25, 0.3) is 0 Å². The first kappa shape index (κ1) is 17.5. The van der Waals surface area contributed by atoms with Crippen LogP contribution in [-0.4, -0.2) is 23.3 Å². The number of aromatic nitrogens is 1. The van der Waals surface area contributed by atoms with Crippen LogP contribution in [0.1, 0.15) is 18.2 Å². The summed E-state index contributed by atoms with van der Waals surface area (Å²) in [6.07, 6.45) is 0. The second kappa shape index (κ2) is 8.14. The van der Waals surface area contributed by atoms with E-state index in [1.807, 2.05) is 0 Å². The number of benzene rings is 1. The fourth-order valence-electron chi connectivity index (χ4n) is 1.59. The first-order valence-corrected chi connectivity index (χ1v) is 8.17. The Hall–Kier alpha value is -1.83. The van der Waals surface area contributed by atoms with Crippen LogP contribution in [0.5, 0.6) is 0 Å². The molecule has 0 fully saturated rings. The molecule has 0 atom stereocenters. The van der Waals surface area contributed by atoms with Gasteiger partial charge in [0.15, 0.2) is 5.13 Å². The van der Waals surface area contributed by atoms with Crippen LogP contribution in [0.15, 0.2) is 28.7 Å². The van der Waals surface area contributed by atoms with Crippen molar-refractivity contribution in [3.63, 3.8) is 0 Å². The van der Waals surface area contributed by atoms with Gasteiger partial charge in [-0.1, -0.05) is 34.4 Å². The summed E-state index contributed by atoms with van der Waals surface area (Å²) in [7, 11) is 0. The number of nitrogens with two attached hydrogens (primary N) is 1. The lowest BCUT2D eigenvalue weighted by Gasteiger charge is -2.05. The molecule has 0 aliphatic rings. The Labute approximate surface area is 146 Å². The summed E-state index contributed by atoms with van der Waals surface area (Å²) in [4.78, 5) is 21.2. The molecule has 122 valence electrons. The van der Waals surface area contributed by atoms with E-state index in [4.69, 9.17) is 38.5 Å². The lowest BCUT2D eigenvalue weighted by molar-refractivity contribution is -0.135. The summed E-state index contributed by atoms with van der Waals surface area (Å²) in [5.41, 5.74) is 6.59. The number of carbonyl (C=O) groups is 1. The third-order valence-corrected chi connectivity index (χ3v) is 4.02. The molecule has 0 unspecified atom stereocenters. The van der Waals surface area contributed by atoms with Gasteiger partial charge in [-0.05, 0) is 24.6 Å². The molecule has 6 nitrogen and oxygen atoms in total. The zero-order chi connectivity index (χ0) is 16.8. The maximum atomic E-state index is 11.9. The van der Waals surface area contributed by atoms with Crippen LogP contribution >= 0.6 is 34.5 Å². The minimum absolute atomic E-state index is 0.0418. The maximum Gasteiger partial charge on any atom is 0.362 e. The summed E-state index contributed by atoms with van der Waals surface area (Å²) < 4.78 is 4.94. The molecule has 23 heavy (non-hydrogen) atoms. The summed E-state index contributed by atoms with van der Waals surface area (Å²) in [6.45, 7) is 2.02. The van der Waals surface area contributed by atoms with Gasteiger partial charge in [0.1, 0.15) is 12.3 Å². The van der Waals surface area contributed by atoms with Crippen molar-refractivity contribution in [2.45, 2.75) is 13.5 Å². The van der Waals surface area contributed by atoms with E-state index < -0.39 is 5.97 Å². The van der Waals surface area contributed by atoms with Crippen molar-refractivity contribution < 1.29 is 14.4 Å². The molecule has 0 bridgehead atoms. The third kappa shape index (κ3) is 4.82. The maximum absolute atomic E-state index is 11.9. The normalized spacial score (nSPS) is 11.3. The second-order valence-corrected chi connectivity index (χ2v) is 5.96. The van der Waals surface area contributed by atoms with E-state index >= 15 is 0 Å². The quantitative estimate of drug-likeness (QED) is 0.475. The smallest absolute Gasteiger partial charge is 0.362 e. The number of anilines is 1. The van der Waals surface area contributed by atoms with Gasteiger partial charge in [-0.25, -0.2) is 9.78 Å². The Bertz CT molecular complexity index is 734. The number of hydrogen-bond donors (Lipinski definition) is 1. The van der Waals surface area contributed by atoms with Crippen LogP contribution in [0.2, 0.25) is 10.0 Å². The van der Waals surface area contributed by atoms with Crippen molar-refractivity contribution in [1.82, 2.24) is 4.98 Å². The summed E-state index contributed by atoms with van der Waals surface area (Å²) in [6, 6.07) is 5.05. The van der Waals surface area contributed by atoms with Crippen LogP contribution in [0, 0.1) is 0 Å². The second-order valence-electron chi connectivity index (χ2n) is 4.25. The molecule has 0 amide bonds. The van der Waals surface area contributed by atoms with E-state index in [9.17, 15) is 4.79 Å². The number of rotatable bonds is 6. The Morgan fingerprint density at radius 3 is 2.78 bits per heavy atom. The highest BCUT2D eigenvalue weighted by Gasteiger charge is 2.19. The van der Waals surface area contributed by atoms with Crippen molar-refractivity contribution in [1.29, 1.82) is 0 Å². The van der Waals surface area contributed by atoms with Crippen LogP contribution < -0.4 is 5.73 Å². The van der Waals surface area contributed by atoms with Gasteiger partial charge in [0, 0.05) is 5.38 Å². The van der Waals surface area contributed by atoms with E-state index in [-0.39, 0.29) is 18.9 Å². The van der Waals surface area contributed by atoms with E-state index in [2.05, 4.69) is 10.1 Å². The lowest BCUT2D eigenvalue weighted by atomic mass is 10.2. The largest absolute Gasteiger partial charge is 0.461 e. The fraction of sp³-hybridized carbons (Fsp3) is 0.214. The highest BCUT2D eigenvalue weighted by Crippen LogP contribution is 2.23. The number of nitrogens with zero attached hydrogens (tertiary/aromatic N) is 2. The number of oxime groups is 1. The lowest BCUT2D eigenvalue weighted by Crippen LogP contribution is -2.19. The van der Waals surface area contributed by atoms with E-state index in [1.165, 1.54) is 11.3 Å². The molecule has 2 rings (SSSR count). The average Bonchev–Trinajstić information content (AvgIpc) is 2.93. The van der Waals surface area contributed by atoms with Gasteiger partial charge < -0.3 is 15.3 Å². The molecule has 0 radical (unpaired) electrons. The number of halogens is 2. The molecule has 2 aromatic rings. The van der Waals surface area contributed by atoms with Crippen LogP contribution in [-0.2, 0) is 21.0 Å². The molecular weight excluding hydrogens is 361 g/mol. The average molecular weight is 374 g/mol. The van der Waals surface area contributed by atoms with Gasteiger partial charge >= 0.3 is 5.97 Å². The Balaban J connectivity index is 2.13. The van der Waals surface area contributed by atoms with Gasteiger partial charge in [0.05, 0.1) is 16.7 Å². The SMILES string of the molecule is CCOC(=O)C(=NOCc1ccc(Cl)c(Cl)c1)c1csc(N)n1. The first-order valence-electron chi connectivity index (χ1n) is 6.53. The summed E-state index contributed by atoms with van der Waals surface area (Å²) in [5.74, 6) is -0.632. The highest BCUT2D eigenvalue weighted by molar-refractivity contribution is 7.13. The minimum atomic E-state index is -0.632. The molecule has 0 spiro atoms. The number of nitrogen functional groups attached to an aromatic ring is 1. The van der Waals surface area contributed by atoms with Crippen molar-refractivity contribution in [3.8, 4) is 0 Å².